The van der Waals surface area contributed by atoms with E-state index in [-0.39, 0.29) is 5.41 Å². The third-order valence-corrected chi connectivity index (χ3v) is 21.1. The van der Waals surface area contributed by atoms with Crippen molar-refractivity contribution in [1.29, 1.82) is 0 Å². The van der Waals surface area contributed by atoms with E-state index in [0.717, 1.165) is 30.1 Å². The zero-order valence-electron chi connectivity index (χ0n) is 54.4. The molecule has 0 aliphatic heterocycles. The zero-order chi connectivity index (χ0) is 59.1. The molecule has 0 nitrogen and oxygen atoms in total. The summed E-state index contributed by atoms with van der Waals surface area (Å²) in [6.45, 7) is 29.6. The summed E-state index contributed by atoms with van der Waals surface area (Å²) in [4.78, 5) is 0. The number of benzene rings is 7. The van der Waals surface area contributed by atoms with Gasteiger partial charge in [-0.1, -0.05) is 279 Å². The van der Waals surface area contributed by atoms with Crippen molar-refractivity contribution in [3.8, 4) is 22.3 Å². The van der Waals surface area contributed by atoms with E-state index >= 15 is 0 Å². The van der Waals surface area contributed by atoms with Crippen LogP contribution < -0.4 is 0 Å². The van der Waals surface area contributed by atoms with Crippen molar-refractivity contribution in [1.82, 2.24) is 0 Å². The van der Waals surface area contributed by atoms with Gasteiger partial charge in [0, 0.05) is 0 Å². The minimum atomic E-state index is 0.272. The molecule has 442 valence electrons. The first-order valence-electron chi connectivity index (χ1n) is 33.7. The SMILES string of the molecule is CCC(C)c1ccc(-c2ccccc2)cc1.CCC(C)c1ccc(C(C)(C)C)cc1.CCC(C)c1ccc(C23CC4CC(CC(C4)C2)C3)cc1.CCC(C)c1ccc(C2CCCCC2)cc1.CCC(C)c1ccc2c(c1)Cc1ccccc1-2. The predicted molar refractivity (Wildman–Crippen MR) is 364 cm³/mol. The van der Waals surface area contributed by atoms with E-state index in [9.17, 15) is 0 Å². The maximum absolute atomic E-state index is 2.48. The van der Waals surface area contributed by atoms with Gasteiger partial charge in [-0.3, -0.25) is 0 Å². The normalized spacial score (nSPS) is 21.1. The lowest BCUT2D eigenvalue weighted by molar-refractivity contribution is -0.00519. The second-order valence-electron chi connectivity index (χ2n) is 28.0. The van der Waals surface area contributed by atoms with E-state index in [2.05, 4.69) is 260 Å². The van der Waals surface area contributed by atoms with E-state index in [1.807, 2.05) is 0 Å². The maximum Gasteiger partial charge on any atom is -0.00134 e. The Morgan fingerprint density at radius 2 is 0.795 bits per heavy atom. The average molecular weight is 1110 g/mol. The molecule has 0 radical (unpaired) electrons. The van der Waals surface area contributed by atoms with Gasteiger partial charge in [-0.25, -0.2) is 0 Å². The number of hydrogen-bond acceptors (Lipinski definition) is 0. The standard InChI is InChI=1S/C20H28.C17H18.C16H24.C16H18.C14H22/c1-3-14(2)18-4-6-19(7-5-18)20-11-15-8-16(12-20)10-17(9-15)13-20;1-3-12(2)13-8-9-17-15(10-13)11-14-6-4-5-7-16(14)17;2*1-3-13(2)14-9-11-16(12-10-14)15-7-5-4-6-8-15;1-6-11(2)12-7-9-13(10-8-12)14(3,4)5/h4-7,14-17H,3,8-13H2,1-2H3;4-10,12H,3,11H2,1-2H3;9-13,15H,3-8H2,1-2H3;4-13H,3H2,1-2H3;7-11H,6H2,1-5H3. The highest BCUT2D eigenvalue weighted by Gasteiger charge is 2.51. The molecule has 0 heteroatoms. The molecule has 7 aromatic carbocycles. The van der Waals surface area contributed by atoms with Gasteiger partial charge in [0.1, 0.15) is 0 Å². The van der Waals surface area contributed by atoms with Crippen LogP contribution in [0.1, 0.15) is 284 Å². The maximum atomic E-state index is 2.48. The van der Waals surface area contributed by atoms with E-state index in [1.165, 1.54) is 150 Å². The summed E-state index contributed by atoms with van der Waals surface area (Å²) in [5.41, 5.74) is 21.4. The lowest BCUT2D eigenvalue weighted by Crippen LogP contribution is -2.48. The quantitative estimate of drug-likeness (QED) is 0.108. The van der Waals surface area contributed by atoms with Crippen molar-refractivity contribution >= 4 is 0 Å². The summed E-state index contributed by atoms with van der Waals surface area (Å²) in [5, 5.41) is 0. The van der Waals surface area contributed by atoms with Crippen molar-refractivity contribution in [3.63, 3.8) is 0 Å². The van der Waals surface area contributed by atoms with Gasteiger partial charge in [0.25, 0.3) is 0 Å². The number of rotatable bonds is 13. The topological polar surface area (TPSA) is 0 Å². The van der Waals surface area contributed by atoms with Gasteiger partial charge in [0.2, 0.25) is 0 Å². The average Bonchev–Trinajstić information content (AvgIpc) is 2.15. The van der Waals surface area contributed by atoms with Crippen molar-refractivity contribution < 1.29 is 0 Å². The molecule has 5 fully saturated rings. The summed E-state index contributed by atoms with van der Waals surface area (Å²) >= 11 is 0. The predicted octanol–water partition coefficient (Wildman–Crippen LogP) is 25.1. The van der Waals surface area contributed by atoms with Crippen LogP contribution in [0.5, 0.6) is 0 Å². The van der Waals surface area contributed by atoms with Crippen molar-refractivity contribution in [2.24, 2.45) is 17.8 Å². The zero-order valence-corrected chi connectivity index (χ0v) is 54.4. The third kappa shape index (κ3) is 16.7. The third-order valence-electron chi connectivity index (χ3n) is 21.1. The summed E-state index contributed by atoms with van der Waals surface area (Å²) in [6.07, 6.45) is 23.4. The summed E-state index contributed by atoms with van der Waals surface area (Å²) < 4.78 is 0. The van der Waals surface area contributed by atoms with E-state index < -0.39 is 0 Å². The van der Waals surface area contributed by atoms with Gasteiger partial charge in [-0.15, -0.1) is 0 Å². The van der Waals surface area contributed by atoms with Gasteiger partial charge >= 0.3 is 0 Å². The van der Waals surface area contributed by atoms with Crippen molar-refractivity contribution in [3.05, 3.63) is 225 Å². The Balaban J connectivity index is 0.000000136. The fourth-order valence-corrected chi connectivity index (χ4v) is 14.8. The van der Waals surface area contributed by atoms with Gasteiger partial charge < -0.3 is 0 Å². The molecular formula is C83H110. The Hall–Kier alpha value is -5.46. The van der Waals surface area contributed by atoms with Crippen LogP contribution in [0.4, 0.5) is 0 Å². The Morgan fingerprint density at radius 3 is 1.28 bits per heavy atom. The molecule has 6 aliphatic rings. The molecule has 0 saturated heterocycles. The molecule has 5 atom stereocenters. The molecule has 0 spiro atoms. The highest BCUT2D eigenvalue weighted by molar-refractivity contribution is 5.77. The number of hydrogen-bond donors (Lipinski definition) is 0. The van der Waals surface area contributed by atoms with Gasteiger partial charge in [-0.05, 0) is 232 Å². The molecule has 0 aromatic heterocycles. The highest BCUT2D eigenvalue weighted by atomic mass is 14.6. The monoisotopic (exact) mass is 1110 g/mol. The molecule has 5 unspecified atom stereocenters. The number of fused-ring (bicyclic) bond motifs is 3. The largest absolute Gasteiger partial charge is 0.0648 e. The Morgan fingerprint density at radius 1 is 0.398 bits per heavy atom. The van der Waals surface area contributed by atoms with Crippen LogP contribution in [0.25, 0.3) is 22.3 Å². The van der Waals surface area contributed by atoms with Gasteiger partial charge in [0.15, 0.2) is 0 Å². The van der Waals surface area contributed by atoms with Gasteiger partial charge in [0.05, 0.1) is 0 Å². The smallest absolute Gasteiger partial charge is 0.00134 e. The lowest BCUT2D eigenvalue weighted by Gasteiger charge is -2.57. The van der Waals surface area contributed by atoms with E-state index in [1.54, 1.807) is 30.4 Å². The van der Waals surface area contributed by atoms with Crippen molar-refractivity contribution in [2.45, 2.75) is 245 Å². The minimum Gasteiger partial charge on any atom is -0.0648 e. The second kappa shape index (κ2) is 30.1. The first-order valence-corrected chi connectivity index (χ1v) is 33.7. The summed E-state index contributed by atoms with van der Waals surface area (Å²) in [6, 6.07) is 63.5. The van der Waals surface area contributed by atoms with Crippen molar-refractivity contribution in [2.75, 3.05) is 0 Å². The van der Waals surface area contributed by atoms with Crippen LogP contribution in [0.15, 0.2) is 170 Å². The molecule has 4 bridgehead atoms. The molecule has 83 heavy (non-hydrogen) atoms. The van der Waals surface area contributed by atoms with Crippen LogP contribution in [0, 0.1) is 17.8 Å². The fourth-order valence-electron chi connectivity index (χ4n) is 14.8. The summed E-state index contributed by atoms with van der Waals surface area (Å²) in [7, 11) is 0. The fraction of sp³-hybridized carbons (Fsp3) is 0.494. The molecule has 7 aromatic rings. The first-order chi connectivity index (χ1) is 40.0. The molecule has 0 heterocycles. The molecule has 6 aliphatic carbocycles. The first kappa shape index (κ1) is 63.6. The Bertz CT molecular complexity index is 2960. The molecule has 0 N–H and O–H groups in total. The van der Waals surface area contributed by atoms with Crippen LogP contribution in [0.3, 0.4) is 0 Å². The Kier molecular flexibility index (Phi) is 23.0. The Labute approximate surface area is 508 Å². The molecule has 13 rings (SSSR count). The van der Waals surface area contributed by atoms with E-state index in [4.69, 9.17) is 0 Å². The second-order valence-corrected chi connectivity index (χ2v) is 28.0. The minimum absolute atomic E-state index is 0.272. The highest BCUT2D eigenvalue weighted by Crippen LogP contribution is 2.60. The molecule has 0 amide bonds. The van der Waals surface area contributed by atoms with Crippen LogP contribution in [-0.2, 0) is 17.3 Å². The molecule has 5 saturated carbocycles. The molecular weight excluding hydrogens is 997 g/mol. The van der Waals surface area contributed by atoms with Crippen LogP contribution in [0.2, 0.25) is 0 Å². The van der Waals surface area contributed by atoms with Crippen LogP contribution >= 0.6 is 0 Å². The van der Waals surface area contributed by atoms with E-state index in [0.29, 0.717) is 35.0 Å². The van der Waals surface area contributed by atoms with Gasteiger partial charge in [-0.2, -0.15) is 0 Å². The van der Waals surface area contributed by atoms with Crippen LogP contribution in [-0.4, -0.2) is 0 Å². The lowest BCUT2D eigenvalue weighted by atomic mass is 9.48. The summed E-state index contributed by atoms with van der Waals surface area (Å²) in [5.74, 6) is 7.43.